The number of nitrogens with two attached hydrogens (primary N) is 1. The molecule has 168 valence electrons. The maximum Gasteiger partial charge on any atom is 0.255 e. The van der Waals surface area contributed by atoms with E-state index in [1.165, 1.54) is 16.8 Å². The van der Waals surface area contributed by atoms with Gasteiger partial charge >= 0.3 is 0 Å². The minimum atomic E-state index is -0.305. The average molecular weight is 439 g/mol. The zero-order valence-corrected chi connectivity index (χ0v) is 18.3. The van der Waals surface area contributed by atoms with E-state index in [9.17, 15) is 9.18 Å². The number of allylic oxidation sites excluding steroid dienone is 2. The number of nitrogen functional groups attached to an aromatic ring is 1. The maximum atomic E-state index is 13.3. The molecule has 3 aromatic heterocycles. The van der Waals surface area contributed by atoms with Gasteiger partial charge in [0.2, 0.25) is 5.95 Å². The van der Waals surface area contributed by atoms with Gasteiger partial charge in [0.1, 0.15) is 5.83 Å². The molecule has 4 heterocycles. The highest BCUT2D eigenvalue weighted by Gasteiger charge is 2.23. The second-order valence-electron chi connectivity index (χ2n) is 7.93. The summed E-state index contributed by atoms with van der Waals surface area (Å²) >= 11 is 0. The van der Waals surface area contributed by atoms with Crippen molar-refractivity contribution in [1.82, 2.24) is 35.0 Å². The second kappa shape index (κ2) is 8.81. The molecule has 1 aliphatic heterocycles. The number of rotatable bonds is 7. The minimum absolute atomic E-state index is 0.0109. The van der Waals surface area contributed by atoms with E-state index in [2.05, 4.69) is 32.7 Å². The number of nitrogens with zero attached hydrogens (tertiary/aromatic N) is 5. The molecule has 0 spiro atoms. The van der Waals surface area contributed by atoms with Crippen LogP contribution >= 0.6 is 0 Å². The number of carbonyl (C=O) groups is 1. The number of dihydropyridines is 1. The fourth-order valence-electron chi connectivity index (χ4n) is 3.72. The van der Waals surface area contributed by atoms with Gasteiger partial charge in [0.15, 0.2) is 5.65 Å². The number of fused-ring (bicyclic) bond motifs is 1. The van der Waals surface area contributed by atoms with E-state index in [4.69, 9.17) is 5.73 Å². The van der Waals surface area contributed by atoms with Gasteiger partial charge in [0, 0.05) is 35.8 Å². The number of carbonyl (C=O) groups excluding carboxylic acids is 1. The quantitative estimate of drug-likeness (QED) is 0.522. The molecular formula is C22H27FN8O. The Morgan fingerprint density at radius 1 is 1.31 bits per heavy atom. The summed E-state index contributed by atoms with van der Waals surface area (Å²) in [6, 6.07) is 1.71. The molecule has 0 bridgehead atoms. The van der Waals surface area contributed by atoms with E-state index >= 15 is 0 Å². The molecule has 32 heavy (non-hydrogen) atoms. The molecule has 0 saturated heterocycles. The highest BCUT2D eigenvalue weighted by Crippen LogP contribution is 2.26. The number of hydrogen-bond donors (Lipinski definition) is 3. The zero-order chi connectivity index (χ0) is 22.8. The van der Waals surface area contributed by atoms with Crippen LogP contribution in [0.4, 0.5) is 10.3 Å². The molecule has 0 aliphatic carbocycles. The van der Waals surface area contributed by atoms with Gasteiger partial charge in [-0.3, -0.25) is 9.48 Å². The average Bonchev–Trinajstić information content (AvgIpc) is 3.40. The minimum Gasteiger partial charge on any atom is -0.380 e. The van der Waals surface area contributed by atoms with Gasteiger partial charge in [0.05, 0.1) is 23.8 Å². The maximum absolute atomic E-state index is 13.3. The van der Waals surface area contributed by atoms with Gasteiger partial charge in [-0.2, -0.15) is 10.1 Å². The smallest absolute Gasteiger partial charge is 0.255 e. The third kappa shape index (κ3) is 4.20. The van der Waals surface area contributed by atoms with E-state index in [0.29, 0.717) is 11.2 Å². The Morgan fingerprint density at radius 2 is 2.12 bits per heavy atom. The van der Waals surface area contributed by atoms with Crippen molar-refractivity contribution in [2.45, 2.75) is 51.7 Å². The Labute approximate surface area is 185 Å². The molecule has 1 aliphatic rings. The Hall–Kier alpha value is -3.69. The molecule has 3 atom stereocenters. The summed E-state index contributed by atoms with van der Waals surface area (Å²) in [6.07, 6.45) is 11.6. The van der Waals surface area contributed by atoms with E-state index in [0.717, 1.165) is 24.0 Å². The number of hydrogen-bond acceptors (Lipinski definition) is 6. The first-order valence-corrected chi connectivity index (χ1v) is 10.7. The van der Waals surface area contributed by atoms with Crippen LogP contribution in [0, 0.1) is 0 Å². The van der Waals surface area contributed by atoms with E-state index in [-0.39, 0.29) is 35.8 Å². The van der Waals surface area contributed by atoms with Crippen molar-refractivity contribution >= 4 is 17.5 Å². The van der Waals surface area contributed by atoms with E-state index in [1.807, 2.05) is 24.7 Å². The zero-order valence-electron chi connectivity index (χ0n) is 18.3. The van der Waals surface area contributed by atoms with Crippen LogP contribution in [0.25, 0.3) is 16.8 Å². The molecule has 0 radical (unpaired) electrons. The summed E-state index contributed by atoms with van der Waals surface area (Å²) in [5.41, 5.74) is 8.16. The van der Waals surface area contributed by atoms with E-state index in [1.54, 1.807) is 24.5 Å². The molecular weight excluding hydrogens is 411 g/mol. The van der Waals surface area contributed by atoms with Crippen LogP contribution in [0.1, 0.15) is 50.0 Å². The predicted molar refractivity (Wildman–Crippen MR) is 120 cm³/mol. The number of anilines is 1. The lowest BCUT2D eigenvalue weighted by molar-refractivity contribution is 0.0940. The first-order valence-electron chi connectivity index (χ1n) is 10.7. The SMILES string of the molecule is CCC(C1C=CC(F)=CN1)n1cc(-c2cc(C(=O)N[C@@H](C)CC)c3nc(N)nn3c2)cn1. The molecule has 0 saturated carbocycles. The molecule has 1 amide bonds. The van der Waals surface area contributed by atoms with Gasteiger partial charge in [-0.05, 0) is 31.9 Å². The van der Waals surface area contributed by atoms with Crippen LogP contribution in [0.3, 0.4) is 0 Å². The predicted octanol–water partition coefficient (Wildman–Crippen LogP) is 2.99. The van der Waals surface area contributed by atoms with Crippen LogP contribution < -0.4 is 16.4 Å². The van der Waals surface area contributed by atoms with Gasteiger partial charge in [-0.15, -0.1) is 5.10 Å². The van der Waals surface area contributed by atoms with Crippen molar-refractivity contribution in [2.75, 3.05) is 5.73 Å². The normalized spacial score (nSPS) is 17.6. The fourth-order valence-corrected chi connectivity index (χ4v) is 3.72. The van der Waals surface area contributed by atoms with Crippen LogP contribution in [-0.4, -0.2) is 42.4 Å². The molecule has 3 aromatic rings. The van der Waals surface area contributed by atoms with E-state index < -0.39 is 0 Å². The number of nitrogens with one attached hydrogen (secondary N) is 2. The topological polar surface area (TPSA) is 115 Å². The van der Waals surface area contributed by atoms with Crippen LogP contribution in [0.2, 0.25) is 0 Å². The molecule has 4 rings (SSSR count). The highest BCUT2D eigenvalue weighted by atomic mass is 19.1. The lowest BCUT2D eigenvalue weighted by Crippen LogP contribution is -2.34. The van der Waals surface area contributed by atoms with Crippen molar-refractivity contribution in [1.29, 1.82) is 0 Å². The first-order chi connectivity index (χ1) is 15.4. The molecule has 2 unspecified atom stereocenters. The van der Waals surface area contributed by atoms with Crippen LogP contribution in [-0.2, 0) is 0 Å². The third-order valence-electron chi connectivity index (χ3n) is 5.67. The lowest BCUT2D eigenvalue weighted by atomic mass is 10.0. The standard InChI is InChI=1S/C22H27FN8O/c1-4-13(3)27-21(32)17-8-14(11-31-20(17)28-22(24)29-31)15-9-26-30(12-15)19(5-2)18-7-6-16(23)10-25-18/h6-13,18-19,25H,4-5H2,1-3H3,(H2,24,29)(H,27,32)/t13-,18?,19?/m0/s1. The van der Waals surface area contributed by atoms with Gasteiger partial charge in [-0.1, -0.05) is 19.9 Å². The van der Waals surface area contributed by atoms with Gasteiger partial charge in [0.25, 0.3) is 5.91 Å². The lowest BCUT2D eigenvalue weighted by Gasteiger charge is -2.26. The summed E-state index contributed by atoms with van der Waals surface area (Å²) in [4.78, 5) is 17.1. The van der Waals surface area contributed by atoms with Gasteiger partial charge < -0.3 is 16.4 Å². The van der Waals surface area contributed by atoms with Gasteiger partial charge in [-0.25, -0.2) is 8.91 Å². The molecule has 0 aromatic carbocycles. The van der Waals surface area contributed by atoms with Crippen molar-refractivity contribution < 1.29 is 9.18 Å². The first kappa shape index (κ1) is 21.5. The van der Waals surface area contributed by atoms with Crippen LogP contribution in [0.5, 0.6) is 0 Å². The Morgan fingerprint density at radius 3 is 2.81 bits per heavy atom. The molecule has 0 fully saturated rings. The van der Waals surface area contributed by atoms with Crippen molar-refractivity contribution in [3.63, 3.8) is 0 Å². The Bertz CT molecular complexity index is 1190. The summed E-state index contributed by atoms with van der Waals surface area (Å²) in [5.74, 6) is -0.444. The number of amides is 1. The number of halogens is 1. The highest BCUT2D eigenvalue weighted by molar-refractivity contribution is 6.01. The largest absolute Gasteiger partial charge is 0.380 e. The fraction of sp³-hybridized carbons (Fsp3) is 0.364. The second-order valence-corrected chi connectivity index (χ2v) is 7.93. The van der Waals surface area contributed by atoms with Crippen molar-refractivity contribution in [3.8, 4) is 11.1 Å². The molecule has 10 heteroatoms. The summed E-state index contributed by atoms with van der Waals surface area (Å²) in [5, 5.41) is 14.8. The summed E-state index contributed by atoms with van der Waals surface area (Å²) in [6.45, 7) is 6.00. The monoisotopic (exact) mass is 438 g/mol. The summed E-state index contributed by atoms with van der Waals surface area (Å²) < 4.78 is 16.7. The molecule has 4 N–H and O–H groups in total. The Kier molecular flexibility index (Phi) is 5.93. The summed E-state index contributed by atoms with van der Waals surface area (Å²) in [7, 11) is 0. The Balaban J connectivity index is 1.69. The van der Waals surface area contributed by atoms with Crippen LogP contribution in [0.15, 0.2) is 48.8 Å². The number of aromatic nitrogens is 5. The molecule has 9 nitrogen and oxygen atoms in total. The third-order valence-corrected chi connectivity index (χ3v) is 5.67. The van der Waals surface area contributed by atoms with Crippen molar-refractivity contribution in [3.05, 3.63) is 54.4 Å². The van der Waals surface area contributed by atoms with Crippen molar-refractivity contribution in [2.24, 2.45) is 0 Å². The number of pyridine rings is 1.